The van der Waals surface area contributed by atoms with E-state index in [1.165, 1.54) is 0 Å². The summed E-state index contributed by atoms with van der Waals surface area (Å²) < 4.78 is 6.39. The monoisotopic (exact) mass is 269 g/mol. The summed E-state index contributed by atoms with van der Waals surface area (Å²) in [6, 6.07) is 0. The number of likely N-dealkylation sites (N-methyl/N-ethyl adjacent to an activating group) is 1. The fraction of sp³-hybridized carbons (Fsp3) is 0.750. The van der Waals surface area contributed by atoms with Gasteiger partial charge in [-0.05, 0) is 13.1 Å². The van der Waals surface area contributed by atoms with Crippen molar-refractivity contribution in [2.45, 2.75) is 6.92 Å². The van der Waals surface area contributed by atoms with E-state index in [1.807, 2.05) is 26.2 Å². The van der Waals surface area contributed by atoms with Gasteiger partial charge in [0.05, 0.1) is 13.2 Å². The van der Waals surface area contributed by atoms with Gasteiger partial charge in [-0.2, -0.15) is 0 Å². The van der Waals surface area contributed by atoms with E-state index in [0.29, 0.717) is 0 Å². The molecule has 0 aliphatic rings. The van der Waals surface area contributed by atoms with Crippen LogP contribution >= 0.6 is 22.6 Å². The third-order valence-corrected chi connectivity index (χ3v) is 1.65. The second kappa shape index (κ2) is 8.33. The van der Waals surface area contributed by atoms with Crippen molar-refractivity contribution in [2.24, 2.45) is 0 Å². The number of alkyl halides is 1. The second-order valence-electron chi connectivity index (χ2n) is 2.26. The lowest BCUT2D eigenvalue weighted by atomic mass is 10.5. The van der Waals surface area contributed by atoms with Gasteiger partial charge < -0.3 is 9.64 Å². The van der Waals surface area contributed by atoms with Crippen molar-refractivity contribution < 1.29 is 4.74 Å². The van der Waals surface area contributed by atoms with Gasteiger partial charge in [0.1, 0.15) is 0 Å². The van der Waals surface area contributed by atoms with Crippen molar-refractivity contribution in [3.63, 3.8) is 0 Å². The summed E-state index contributed by atoms with van der Waals surface area (Å²) in [5.74, 6) is 0. The Kier molecular flexibility index (Phi) is 8.50. The Balaban J connectivity index is 3.10. The van der Waals surface area contributed by atoms with E-state index in [-0.39, 0.29) is 0 Å². The predicted molar refractivity (Wildman–Crippen MR) is 57.2 cm³/mol. The summed E-state index contributed by atoms with van der Waals surface area (Å²) in [6.07, 6.45) is 4.08. The first-order valence-electron chi connectivity index (χ1n) is 3.78. The Bertz CT molecular complexity index is 106. The molecule has 66 valence electrons. The smallest absolute Gasteiger partial charge is 0.0641 e. The van der Waals surface area contributed by atoms with Gasteiger partial charge >= 0.3 is 0 Å². The van der Waals surface area contributed by atoms with Crippen molar-refractivity contribution in [1.29, 1.82) is 0 Å². The summed E-state index contributed by atoms with van der Waals surface area (Å²) >= 11 is 2.31. The third kappa shape index (κ3) is 8.13. The summed E-state index contributed by atoms with van der Waals surface area (Å²) in [6.45, 7) is 4.68. The Morgan fingerprint density at radius 1 is 1.45 bits per heavy atom. The molecule has 0 aromatic rings. The first-order valence-corrected chi connectivity index (χ1v) is 5.30. The number of hydrogen-bond acceptors (Lipinski definition) is 2. The van der Waals surface area contributed by atoms with Crippen LogP contribution in [-0.2, 0) is 4.74 Å². The Labute approximate surface area is 82.7 Å². The molecule has 0 saturated carbocycles. The number of halogens is 1. The molecule has 0 rings (SSSR count). The average molecular weight is 269 g/mol. The minimum Gasteiger partial charge on any atom is -0.379 e. The number of ether oxygens (including phenoxy) is 1. The number of hydrogen-bond donors (Lipinski definition) is 0. The topological polar surface area (TPSA) is 12.5 Å². The van der Waals surface area contributed by atoms with Crippen LogP contribution in [0.2, 0.25) is 0 Å². The molecule has 0 spiro atoms. The molecule has 0 aromatic carbocycles. The van der Waals surface area contributed by atoms with Gasteiger partial charge in [0.25, 0.3) is 0 Å². The van der Waals surface area contributed by atoms with Crippen molar-refractivity contribution in [2.75, 3.05) is 31.2 Å². The fourth-order valence-corrected chi connectivity index (χ4v) is 1.01. The van der Waals surface area contributed by atoms with Crippen LogP contribution in [0.15, 0.2) is 12.3 Å². The van der Waals surface area contributed by atoms with Crippen molar-refractivity contribution in [3.8, 4) is 0 Å². The summed E-state index contributed by atoms with van der Waals surface area (Å²) in [5.41, 5.74) is 0. The molecule has 3 heteroatoms. The highest BCUT2D eigenvalue weighted by molar-refractivity contribution is 14.1. The summed E-state index contributed by atoms with van der Waals surface area (Å²) in [7, 11) is 2.05. The highest BCUT2D eigenvalue weighted by atomic mass is 127. The molecular formula is C8H16INO. The van der Waals surface area contributed by atoms with Gasteiger partial charge in [-0.3, -0.25) is 0 Å². The van der Waals surface area contributed by atoms with Crippen molar-refractivity contribution >= 4 is 22.6 Å². The van der Waals surface area contributed by atoms with Gasteiger partial charge in [-0.15, -0.1) is 0 Å². The lowest BCUT2D eigenvalue weighted by Gasteiger charge is -2.12. The lowest BCUT2D eigenvalue weighted by Crippen LogP contribution is -2.17. The molecule has 0 radical (unpaired) electrons. The molecular weight excluding hydrogens is 253 g/mol. The van der Waals surface area contributed by atoms with E-state index in [2.05, 4.69) is 27.5 Å². The molecule has 0 aliphatic carbocycles. The molecule has 0 aromatic heterocycles. The molecule has 11 heavy (non-hydrogen) atoms. The molecule has 0 unspecified atom stereocenters. The minimum atomic E-state index is 0.823. The van der Waals surface area contributed by atoms with E-state index in [4.69, 9.17) is 4.74 Å². The van der Waals surface area contributed by atoms with Crippen molar-refractivity contribution in [1.82, 2.24) is 4.90 Å². The van der Waals surface area contributed by atoms with Crippen LogP contribution in [0.5, 0.6) is 0 Å². The largest absolute Gasteiger partial charge is 0.379 e. The zero-order valence-corrected chi connectivity index (χ0v) is 9.37. The Morgan fingerprint density at radius 2 is 2.18 bits per heavy atom. The number of rotatable bonds is 6. The van der Waals surface area contributed by atoms with Crippen LogP contribution in [0.1, 0.15) is 6.92 Å². The fourth-order valence-electron chi connectivity index (χ4n) is 0.694. The quantitative estimate of drug-likeness (QED) is 0.415. The Hall–Kier alpha value is 0.230. The number of allylic oxidation sites excluding steroid dienone is 1. The SMILES string of the molecule is C/C=C\N(C)CCOCCI. The molecule has 0 heterocycles. The minimum absolute atomic E-state index is 0.823. The maximum atomic E-state index is 5.32. The van der Waals surface area contributed by atoms with E-state index >= 15 is 0 Å². The normalized spacial score (nSPS) is 10.8. The molecule has 0 N–H and O–H groups in total. The first-order chi connectivity index (χ1) is 5.31. The highest BCUT2D eigenvalue weighted by Crippen LogP contribution is 1.86. The van der Waals surface area contributed by atoms with E-state index in [1.54, 1.807) is 0 Å². The zero-order valence-electron chi connectivity index (χ0n) is 7.22. The standard InChI is InChI=1S/C8H16INO/c1-3-5-10(2)6-8-11-7-4-9/h3,5H,4,6-8H2,1-2H3/b5-3-. The molecule has 0 saturated heterocycles. The predicted octanol–water partition coefficient (Wildman–Crippen LogP) is 1.90. The lowest BCUT2D eigenvalue weighted by molar-refractivity contribution is 0.137. The van der Waals surface area contributed by atoms with Crippen LogP contribution in [0.4, 0.5) is 0 Å². The average Bonchev–Trinajstić information content (AvgIpc) is 1.99. The van der Waals surface area contributed by atoms with Gasteiger partial charge in [0.2, 0.25) is 0 Å². The van der Waals surface area contributed by atoms with E-state index in [0.717, 1.165) is 24.2 Å². The van der Waals surface area contributed by atoms with Crippen LogP contribution in [0, 0.1) is 0 Å². The van der Waals surface area contributed by atoms with Crippen LogP contribution < -0.4 is 0 Å². The van der Waals surface area contributed by atoms with Crippen LogP contribution in [0.3, 0.4) is 0 Å². The van der Waals surface area contributed by atoms with Crippen LogP contribution in [-0.4, -0.2) is 36.1 Å². The molecule has 2 nitrogen and oxygen atoms in total. The van der Waals surface area contributed by atoms with Crippen molar-refractivity contribution in [3.05, 3.63) is 12.3 Å². The second-order valence-corrected chi connectivity index (χ2v) is 3.34. The maximum absolute atomic E-state index is 5.32. The van der Waals surface area contributed by atoms with E-state index in [9.17, 15) is 0 Å². The van der Waals surface area contributed by atoms with E-state index < -0.39 is 0 Å². The molecule has 0 fully saturated rings. The summed E-state index contributed by atoms with van der Waals surface area (Å²) in [4.78, 5) is 2.12. The van der Waals surface area contributed by atoms with Crippen LogP contribution in [0.25, 0.3) is 0 Å². The molecule has 0 aliphatic heterocycles. The highest BCUT2D eigenvalue weighted by Gasteiger charge is 1.89. The molecule has 0 bridgehead atoms. The summed E-state index contributed by atoms with van der Waals surface area (Å²) in [5, 5.41) is 0. The molecule has 0 amide bonds. The van der Waals surface area contributed by atoms with Gasteiger partial charge in [0, 0.05) is 18.0 Å². The Morgan fingerprint density at radius 3 is 2.73 bits per heavy atom. The first kappa shape index (κ1) is 11.2. The van der Waals surface area contributed by atoms with Gasteiger partial charge in [-0.25, -0.2) is 0 Å². The van der Waals surface area contributed by atoms with Gasteiger partial charge in [0.15, 0.2) is 0 Å². The third-order valence-electron chi connectivity index (χ3n) is 1.21. The number of nitrogens with zero attached hydrogens (tertiary/aromatic N) is 1. The maximum Gasteiger partial charge on any atom is 0.0641 e. The zero-order chi connectivity index (χ0) is 8.53. The molecule has 0 atom stereocenters. The van der Waals surface area contributed by atoms with Gasteiger partial charge in [-0.1, -0.05) is 28.7 Å².